The number of nitro benzene ring substituents is 1. The molecule has 1 aliphatic carbocycles. The average molecular weight is 291 g/mol. The Balaban J connectivity index is 2.23. The van der Waals surface area contributed by atoms with Gasteiger partial charge in [-0.3, -0.25) is 10.1 Å². The monoisotopic (exact) mass is 291 g/mol. The molecule has 0 unspecified atom stereocenters. The summed E-state index contributed by atoms with van der Waals surface area (Å²) >= 11 is 0. The summed E-state index contributed by atoms with van der Waals surface area (Å²) in [6.45, 7) is 7.18. The van der Waals surface area contributed by atoms with E-state index < -0.39 is 4.92 Å². The van der Waals surface area contributed by atoms with Crippen molar-refractivity contribution < 1.29 is 14.4 Å². The van der Waals surface area contributed by atoms with E-state index >= 15 is 0 Å². The highest BCUT2D eigenvalue weighted by Crippen LogP contribution is 2.43. The minimum absolute atomic E-state index is 0.00764. The maximum atomic E-state index is 10.9. The van der Waals surface area contributed by atoms with E-state index in [-0.39, 0.29) is 23.2 Å². The number of rotatable bonds is 5. The first kappa shape index (κ1) is 15.1. The Bertz CT molecular complexity index is 589. The number of nitro groups is 1. The van der Waals surface area contributed by atoms with E-state index in [2.05, 4.69) is 9.74 Å². The highest BCUT2D eigenvalue weighted by molar-refractivity contribution is 5.69. The molecule has 7 heteroatoms. The van der Waals surface area contributed by atoms with Crippen LogP contribution in [-0.4, -0.2) is 43.2 Å². The Morgan fingerprint density at radius 1 is 1.43 bits per heavy atom. The maximum Gasteiger partial charge on any atom is 0.263 e. The Labute approximate surface area is 123 Å². The second-order valence-corrected chi connectivity index (χ2v) is 5.19. The van der Waals surface area contributed by atoms with Crippen LogP contribution in [0.1, 0.15) is 12.8 Å². The molecule has 21 heavy (non-hydrogen) atoms. The van der Waals surface area contributed by atoms with Crippen LogP contribution < -0.4 is 9.47 Å². The van der Waals surface area contributed by atoms with Gasteiger partial charge in [0.2, 0.25) is 5.69 Å². The van der Waals surface area contributed by atoms with Gasteiger partial charge in [-0.1, -0.05) is 0 Å². The third-order valence-corrected chi connectivity index (χ3v) is 3.66. The Morgan fingerprint density at radius 2 is 2.10 bits per heavy atom. The highest BCUT2D eigenvalue weighted by Gasteiger charge is 2.33. The average Bonchev–Trinajstić information content (AvgIpc) is 2.40. The lowest BCUT2D eigenvalue weighted by Crippen LogP contribution is -2.46. The summed E-state index contributed by atoms with van der Waals surface area (Å²) in [5, 5.41) is 10.9. The van der Waals surface area contributed by atoms with Gasteiger partial charge in [0.1, 0.15) is 0 Å². The van der Waals surface area contributed by atoms with Crippen LogP contribution >= 0.6 is 0 Å². The van der Waals surface area contributed by atoms with Crippen LogP contribution in [0.2, 0.25) is 0 Å². The summed E-state index contributed by atoms with van der Waals surface area (Å²) in [6.07, 6.45) is 1.74. The smallest absolute Gasteiger partial charge is 0.263 e. The molecule has 1 aromatic rings. The third-order valence-electron chi connectivity index (χ3n) is 3.66. The zero-order valence-corrected chi connectivity index (χ0v) is 12.2. The van der Waals surface area contributed by atoms with Crippen LogP contribution in [0.3, 0.4) is 0 Å². The zero-order valence-electron chi connectivity index (χ0n) is 12.2. The molecule has 0 atom stereocenters. The number of non-ortho nitro benzene ring substituents is 1. The van der Waals surface area contributed by atoms with Gasteiger partial charge >= 0.3 is 0 Å². The normalized spacial score (nSPS) is 20.5. The van der Waals surface area contributed by atoms with Gasteiger partial charge in [0.15, 0.2) is 11.5 Å². The van der Waals surface area contributed by atoms with E-state index in [0.29, 0.717) is 11.8 Å². The van der Waals surface area contributed by atoms with Crippen molar-refractivity contribution in [1.29, 1.82) is 0 Å². The van der Waals surface area contributed by atoms with E-state index in [0.717, 1.165) is 12.8 Å². The lowest BCUT2D eigenvalue weighted by molar-refractivity contribution is -0.384. The van der Waals surface area contributed by atoms with Crippen molar-refractivity contribution in [3.63, 3.8) is 0 Å². The molecule has 0 N–H and O–H groups in total. The van der Waals surface area contributed by atoms with Crippen molar-refractivity contribution in [1.82, 2.24) is 4.90 Å². The fourth-order valence-corrected chi connectivity index (χ4v) is 2.25. The molecule has 0 bridgehead atoms. The van der Waals surface area contributed by atoms with Crippen LogP contribution in [0.4, 0.5) is 11.4 Å². The number of methoxy groups -OCH3 is 1. The maximum absolute atomic E-state index is 10.9. The molecule has 1 fully saturated rings. The fourth-order valence-electron chi connectivity index (χ4n) is 2.25. The van der Waals surface area contributed by atoms with Crippen molar-refractivity contribution in [2.24, 2.45) is 0 Å². The number of hydrogen-bond acceptors (Lipinski definition) is 5. The Kier molecular flexibility index (Phi) is 4.29. The molecule has 0 saturated heterocycles. The van der Waals surface area contributed by atoms with Gasteiger partial charge in [0.25, 0.3) is 5.69 Å². The molecule has 0 heterocycles. The van der Waals surface area contributed by atoms with E-state index in [9.17, 15) is 10.1 Å². The standard InChI is InChI=1S/C14H17N3O4/c1-15-12-7-10(17(18)19)8-13(20-4)14(12)21-11-5-9(6-11)16(2)3/h7-9,11H,5-6H2,2-4H3. The first-order chi connectivity index (χ1) is 9.96. The van der Waals surface area contributed by atoms with E-state index in [1.54, 1.807) is 0 Å². The lowest BCUT2D eigenvalue weighted by Gasteiger charge is -2.39. The minimum Gasteiger partial charge on any atom is -0.497 e. The summed E-state index contributed by atoms with van der Waals surface area (Å²) < 4.78 is 11.0. The van der Waals surface area contributed by atoms with Gasteiger partial charge in [0.05, 0.1) is 30.8 Å². The fraction of sp³-hybridized carbons (Fsp3) is 0.500. The topological polar surface area (TPSA) is 69.2 Å². The number of hydrogen-bond donors (Lipinski definition) is 0. The molecular formula is C14H17N3O4. The van der Waals surface area contributed by atoms with Gasteiger partial charge in [-0.15, -0.1) is 0 Å². The SMILES string of the molecule is [C-]#[N+]c1cc([N+](=O)[O-])cc(OC)c1OC1CC(N(C)C)C1. The summed E-state index contributed by atoms with van der Waals surface area (Å²) in [4.78, 5) is 15.8. The van der Waals surface area contributed by atoms with Gasteiger partial charge in [-0.2, -0.15) is 0 Å². The van der Waals surface area contributed by atoms with Crippen LogP contribution in [0.15, 0.2) is 12.1 Å². The Morgan fingerprint density at radius 3 is 2.57 bits per heavy atom. The number of nitrogens with zero attached hydrogens (tertiary/aromatic N) is 3. The van der Waals surface area contributed by atoms with Crippen molar-refractivity contribution >= 4 is 11.4 Å². The first-order valence-electron chi connectivity index (χ1n) is 6.53. The number of ether oxygens (including phenoxy) is 2. The second kappa shape index (κ2) is 5.97. The van der Waals surface area contributed by atoms with Crippen LogP contribution in [0.5, 0.6) is 11.5 Å². The third kappa shape index (κ3) is 3.06. The molecule has 112 valence electrons. The summed E-state index contributed by atoms with van der Waals surface area (Å²) in [6, 6.07) is 2.97. The molecule has 1 saturated carbocycles. The van der Waals surface area contributed by atoms with Crippen molar-refractivity contribution in [2.45, 2.75) is 25.0 Å². The quantitative estimate of drug-likeness (QED) is 0.474. The van der Waals surface area contributed by atoms with E-state index in [1.165, 1.54) is 19.2 Å². The van der Waals surface area contributed by atoms with Crippen molar-refractivity contribution in [3.8, 4) is 11.5 Å². The predicted molar refractivity (Wildman–Crippen MR) is 77.0 cm³/mol. The molecule has 0 radical (unpaired) electrons. The highest BCUT2D eigenvalue weighted by atomic mass is 16.6. The van der Waals surface area contributed by atoms with Crippen molar-refractivity contribution in [3.05, 3.63) is 33.7 Å². The van der Waals surface area contributed by atoms with E-state index in [4.69, 9.17) is 16.0 Å². The zero-order chi connectivity index (χ0) is 15.6. The molecule has 0 aromatic heterocycles. The first-order valence-corrected chi connectivity index (χ1v) is 6.53. The second-order valence-electron chi connectivity index (χ2n) is 5.19. The van der Waals surface area contributed by atoms with Crippen molar-refractivity contribution in [2.75, 3.05) is 21.2 Å². The van der Waals surface area contributed by atoms with Crippen LogP contribution in [0, 0.1) is 16.7 Å². The summed E-state index contributed by atoms with van der Waals surface area (Å²) in [5.74, 6) is 0.517. The molecule has 0 amide bonds. The van der Waals surface area contributed by atoms with Crippen LogP contribution in [0.25, 0.3) is 4.85 Å². The Hall–Kier alpha value is -2.33. The molecule has 2 rings (SSSR count). The summed E-state index contributed by atoms with van der Waals surface area (Å²) in [5.41, 5.74) is -0.0701. The molecule has 1 aromatic carbocycles. The largest absolute Gasteiger partial charge is 0.497 e. The summed E-state index contributed by atoms with van der Waals surface area (Å²) in [7, 11) is 5.43. The van der Waals surface area contributed by atoms with Gasteiger partial charge in [-0.05, 0) is 26.9 Å². The lowest BCUT2D eigenvalue weighted by atomic mass is 9.88. The van der Waals surface area contributed by atoms with Gasteiger partial charge in [-0.25, -0.2) is 4.85 Å². The number of benzene rings is 1. The molecule has 7 nitrogen and oxygen atoms in total. The predicted octanol–water partition coefficient (Wildman–Crippen LogP) is 2.63. The van der Waals surface area contributed by atoms with E-state index in [1.807, 2.05) is 14.1 Å². The molecule has 1 aliphatic rings. The molecular weight excluding hydrogens is 274 g/mol. The van der Waals surface area contributed by atoms with Gasteiger partial charge < -0.3 is 14.4 Å². The molecule has 0 aliphatic heterocycles. The minimum atomic E-state index is -0.549. The van der Waals surface area contributed by atoms with Gasteiger partial charge in [0, 0.05) is 12.1 Å². The van der Waals surface area contributed by atoms with Crippen LogP contribution in [-0.2, 0) is 0 Å². The molecule has 0 spiro atoms.